The molecule has 3 N–H and O–H groups in total. The lowest BCUT2D eigenvalue weighted by Crippen LogP contribution is -2.37. The minimum atomic E-state index is -0.305. The SMILES string of the molecule is Fc1ccc(Nc2nc(NCCNc3ccnc4cc(Cl)ccc34)nc(N3CCOCC3)n2)cc1. The fourth-order valence-corrected chi connectivity index (χ4v) is 3.88. The zero-order valence-electron chi connectivity index (χ0n) is 18.8. The van der Waals surface area contributed by atoms with E-state index in [1.54, 1.807) is 18.3 Å². The smallest absolute Gasteiger partial charge is 0.233 e. The average molecular weight is 495 g/mol. The first-order valence-corrected chi connectivity index (χ1v) is 11.7. The number of aromatic nitrogens is 4. The number of pyridine rings is 1. The molecule has 11 heteroatoms. The molecule has 1 fully saturated rings. The summed E-state index contributed by atoms with van der Waals surface area (Å²) in [4.78, 5) is 20.1. The number of morpholine rings is 1. The molecule has 0 radical (unpaired) electrons. The van der Waals surface area contributed by atoms with E-state index in [0.717, 1.165) is 16.6 Å². The molecule has 3 heterocycles. The minimum absolute atomic E-state index is 0.305. The molecule has 2 aromatic heterocycles. The number of ether oxygens (including phenoxy) is 1. The Morgan fingerprint density at radius 1 is 0.914 bits per heavy atom. The van der Waals surface area contributed by atoms with Crippen LogP contribution in [0.3, 0.4) is 0 Å². The molecule has 1 aliphatic rings. The van der Waals surface area contributed by atoms with Gasteiger partial charge in [0.05, 0.1) is 18.7 Å². The van der Waals surface area contributed by atoms with Crippen molar-refractivity contribution < 1.29 is 9.13 Å². The Morgan fingerprint density at radius 2 is 1.69 bits per heavy atom. The Bertz CT molecular complexity index is 1300. The van der Waals surface area contributed by atoms with Crippen molar-refractivity contribution in [3.63, 3.8) is 0 Å². The third-order valence-corrected chi connectivity index (χ3v) is 5.68. The molecule has 4 aromatic rings. The van der Waals surface area contributed by atoms with Crippen LogP contribution in [0.5, 0.6) is 0 Å². The molecule has 0 saturated carbocycles. The summed E-state index contributed by atoms with van der Waals surface area (Å²) in [7, 11) is 0. The maximum absolute atomic E-state index is 13.3. The van der Waals surface area contributed by atoms with Gasteiger partial charge in [0, 0.05) is 54.2 Å². The standard InChI is InChI=1S/C24H24ClFN8O/c25-16-1-6-19-20(7-8-27-21(19)15-16)28-9-10-29-22-31-23(30-18-4-2-17(26)3-5-18)33-24(32-22)34-11-13-35-14-12-34/h1-8,15H,9-14H2,(H,27,28)(H2,29,30,31,32,33). The fraction of sp³-hybridized carbons (Fsp3) is 0.250. The molecule has 2 aromatic carbocycles. The summed E-state index contributed by atoms with van der Waals surface area (Å²) in [5.41, 5.74) is 2.49. The van der Waals surface area contributed by atoms with E-state index in [1.165, 1.54) is 12.1 Å². The Balaban J connectivity index is 1.28. The summed E-state index contributed by atoms with van der Waals surface area (Å²) >= 11 is 6.08. The van der Waals surface area contributed by atoms with Gasteiger partial charge in [-0.1, -0.05) is 11.6 Å². The predicted octanol–water partition coefficient (Wildman–Crippen LogP) is 4.32. The van der Waals surface area contributed by atoms with Crippen molar-refractivity contribution in [3.8, 4) is 0 Å². The highest BCUT2D eigenvalue weighted by atomic mass is 35.5. The number of fused-ring (bicyclic) bond motifs is 1. The molecule has 9 nitrogen and oxygen atoms in total. The van der Waals surface area contributed by atoms with Gasteiger partial charge in [-0.15, -0.1) is 0 Å². The molecule has 0 aliphatic carbocycles. The highest BCUT2D eigenvalue weighted by Gasteiger charge is 2.17. The minimum Gasteiger partial charge on any atom is -0.383 e. The highest BCUT2D eigenvalue weighted by molar-refractivity contribution is 6.31. The Kier molecular flexibility index (Phi) is 7.01. The van der Waals surface area contributed by atoms with E-state index in [4.69, 9.17) is 16.3 Å². The Hall–Kier alpha value is -3.76. The third kappa shape index (κ3) is 5.84. The van der Waals surface area contributed by atoms with Crippen LogP contribution in [0.15, 0.2) is 54.7 Å². The molecule has 35 heavy (non-hydrogen) atoms. The predicted molar refractivity (Wildman–Crippen MR) is 136 cm³/mol. The zero-order valence-corrected chi connectivity index (χ0v) is 19.6. The molecule has 1 saturated heterocycles. The van der Waals surface area contributed by atoms with Crippen molar-refractivity contribution in [2.45, 2.75) is 0 Å². The first-order valence-electron chi connectivity index (χ1n) is 11.3. The van der Waals surface area contributed by atoms with E-state index in [0.29, 0.717) is 67.9 Å². The maximum atomic E-state index is 13.3. The molecule has 0 atom stereocenters. The Labute approximate surface area is 206 Å². The second-order valence-corrected chi connectivity index (χ2v) is 8.32. The molecule has 5 rings (SSSR count). The lowest BCUT2D eigenvalue weighted by molar-refractivity contribution is 0.122. The topological polar surface area (TPSA) is 100 Å². The van der Waals surface area contributed by atoms with Crippen molar-refractivity contribution in [1.82, 2.24) is 19.9 Å². The number of hydrogen-bond donors (Lipinski definition) is 3. The molecule has 180 valence electrons. The van der Waals surface area contributed by atoms with Gasteiger partial charge in [-0.2, -0.15) is 15.0 Å². The molecule has 0 amide bonds. The van der Waals surface area contributed by atoms with Gasteiger partial charge >= 0.3 is 0 Å². The normalized spacial score (nSPS) is 13.6. The molecule has 1 aliphatic heterocycles. The van der Waals surface area contributed by atoms with Crippen LogP contribution in [0.4, 0.5) is 33.6 Å². The zero-order chi connectivity index (χ0) is 24.0. The van der Waals surface area contributed by atoms with Gasteiger partial charge in [0.15, 0.2) is 0 Å². The van der Waals surface area contributed by atoms with E-state index in [1.807, 2.05) is 24.3 Å². The number of hydrogen-bond acceptors (Lipinski definition) is 9. The van der Waals surface area contributed by atoms with Crippen LogP contribution in [0.25, 0.3) is 10.9 Å². The summed E-state index contributed by atoms with van der Waals surface area (Å²) in [6, 6.07) is 13.6. The number of nitrogens with one attached hydrogen (secondary N) is 3. The summed E-state index contributed by atoms with van der Waals surface area (Å²) in [5.74, 6) is 1.07. The van der Waals surface area contributed by atoms with Crippen LogP contribution in [0.1, 0.15) is 0 Å². The molecular formula is C24H24ClFN8O. The summed E-state index contributed by atoms with van der Waals surface area (Å²) in [5, 5.41) is 11.5. The van der Waals surface area contributed by atoms with Crippen molar-refractivity contribution in [1.29, 1.82) is 0 Å². The molecule has 0 spiro atoms. The number of rotatable bonds is 8. The quantitative estimate of drug-likeness (QED) is 0.309. The van der Waals surface area contributed by atoms with Crippen LogP contribution in [0, 0.1) is 5.82 Å². The largest absolute Gasteiger partial charge is 0.383 e. The average Bonchev–Trinajstić information content (AvgIpc) is 2.88. The highest BCUT2D eigenvalue weighted by Crippen LogP contribution is 2.24. The summed E-state index contributed by atoms with van der Waals surface area (Å²) in [6.45, 7) is 3.82. The van der Waals surface area contributed by atoms with Gasteiger partial charge in [0.25, 0.3) is 0 Å². The lowest BCUT2D eigenvalue weighted by atomic mass is 10.2. The first-order chi connectivity index (χ1) is 17.1. The van der Waals surface area contributed by atoms with E-state index in [2.05, 4.69) is 40.8 Å². The van der Waals surface area contributed by atoms with Crippen molar-refractivity contribution in [2.24, 2.45) is 0 Å². The number of anilines is 5. The van der Waals surface area contributed by atoms with Crippen molar-refractivity contribution >= 4 is 51.7 Å². The summed E-state index contributed by atoms with van der Waals surface area (Å²) in [6.07, 6.45) is 1.75. The van der Waals surface area contributed by atoms with Gasteiger partial charge in [-0.05, 0) is 48.5 Å². The van der Waals surface area contributed by atoms with Crippen molar-refractivity contribution in [3.05, 3.63) is 65.6 Å². The van der Waals surface area contributed by atoms with E-state index < -0.39 is 0 Å². The second-order valence-electron chi connectivity index (χ2n) is 7.89. The van der Waals surface area contributed by atoms with Gasteiger partial charge in [0.2, 0.25) is 17.8 Å². The van der Waals surface area contributed by atoms with E-state index in [-0.39, 0.29) is 5.82 Å². The number of benzene rings is 2. The van der Waals surface area contributed by atoms with Crippen molar-refractivity contribution in [2.75, 3.05) is 60.2 Å². The van der Waals surface area contributed by atoms with Crippen LogP contribution < -0.4 is 20.9 Å². The maximum Gasteiger partial charge on any atom is 0.233 e. The lowest BCUT2D eigenvalue weighted by Gasteiger charge is -2.27. The second kappa shape index (κ2) is 10.7. The van der Waals surface area contributed by atoms with Crippen LogP contribution in [-0.4, -0.2) is 59.3 Å². The van der Waals surface area contributed by atoms with Crippen LogP contribution in [0.2, 0.25) is 5.02 Å². The van der Waals surface area contributed by atoms with Gasteiger partial charge < -0.3 is 25.6 Å². The van der Waals surface area contributed by atoms with Gasteiger partial charge in [-0.25, -0.2) is 4.39 Å². The summed E-state index contributed by atoms with van der Waals surface area (Å²) < 4.78 is 18.7. The number of nitrogens with zero attached hydrogens (tertiary/aromatic N) is 5. The van der Waals surface area contributed by atoms with Crippen LogP contribution >= 0.6 is 11.6 Å². The molecular weight excluding hydrogens is 471 g/mol. The number of halogens is 2. The van der Waals surface area contributed by atoms with Gasteiger partial charge in [-0.3, -0.25) is 4.98 Å². The molecule has 0 bridgehead atoms. The van der Waals surface area contributed by atoms with Gasteiger partial charge in [0.1, 0.15) is 5.82 Å². The van der Waals surface area contributed by atoms with Crippen LogP contribution in [-0.2, 0) is 4.74 Å². The fourth-order valence-electron chi connectivity index (χ4n) is 3.71. The van der Waals surface area contributed by atoms with E-state index >= 15 is 0 Å². The molecule has 0 unspecified atom stereocenters. The van der Waals surface area contributed by atoms with E-state index in [9.17, 15) is 4.39 Å². The monoisotopic (exact) mass is 494 g/mol. The first kappa shape index (κ1) is 23.0. The Morgan fingerprint density at radius 3 is 2.51 bits per heavy atom. The third-order valence-electron chi connectivity index (χ3n) is 5.45.